The number of ketones is 1. The van der Waals surface area contributed by atoms with Crippen LogP contribution in [0.1, 0.15) is 72.6 Å². The third-order valence-electron chi connectivity index (χ3n) is 2.80. The molecule has 96 valence electrons. The van der Waals surface area contributed by atoms with E-state index in [2.05, 4.69) is 27.7 Å². The third-order valence-corrected chi connectivity index (χ3v) is 2.80. The predicted molar refractivity (Wildman–Crippen MR) is 68.5 cm³/mol. The van der Waals surface area contributed by atoms with Crippen LogP contribution < -0.4 is 0 Å². The maximum Gasteiger partial charge on any atom is 0.133 e. The van der Waals surface area contributed by atoms with E-state index in [9.17, 15) is 9.90 Å². The molecular weight excluding hydrogens is 200 g/mol. The summed E-state index contributed by atoms with van der Waals surface area (Å²) in [5.74, 6) is 0.297. The molecule has 0 bridgehead atoms. The molecule has 0 heterocycles. The van der Waals surface area contributed by atoms with Crippen LogP contribution in [0.3, 0.4) is 0 Å². The molecule has 16 heavy (non-hydrogen) atoms. The number of carbonyl (C=O) groups is 1. The lowest BCUT2D eigenvalue weighted by Crippen LogP contribution is -2.12. The van der Waals surface area contributed by atoms with Gasteiger partial charge in [-0.15, -0.1) is 0 Å². The van der Waals surface area contributed by atoms with Gasteiger partial charge in [0.2, 0.25) is 0 Å². The first-order chi connectivity index (χ1) is 7.35. The number of hydrogen-bond donors (Lipinski definition) is 1. The Morgan fingerprint density at radius 2 is 1.81 bits per heavy atom. The molecule has 0 radical (unpaired) electrons. The lowest BCUT2D eigenvalue weighted by atomic mass is 9.89. The van der Waals surface area contributed by atoms with E-state index < -0.39 is 0 Å². The highest BCUT2D eigenvalue weighted by atomic mass is 16.3. The van der Waals surface area contributed by atoms with Gasteiger partial charge in [0.25, 0.3) is 0 Å². The second-order valence-corrected chi connectivity index (χ2v) is 5.93. The Morgan fingerprint density at radius 3 is 2.31 bits per heavy atom. The number of carbonyl (C=O) groups excluding carboxylic acids is 1. The highest BCUT2D eigenvalue weighted by Crippen LogP contribution is 2.21. The van der Waals surface area contributed by atoms with Gasteiger partial charge in [-0.05, 0) is 24.7 Å². The van der Waals surface area contributed by atoms with Gasteiger partial charge in [-0.2, -0.15) is 0 Å². The lowest BCUT2D eigenvalue weighted by Gasteiger charge is -2.17. The first kappa shape index (κ1) is 15.6. The zero-order chi connectivity index (χ0) is 12.6. The minimum absolute atomic E-state index is 0.233. The Labute approximate surface area is 100 Å². The van der Waals surface area contributed by atoms with Crippen LogP contribution in [0.5, 0.6) is 0 Å². The fourth-order valence-electron chi connectivity index (χ4n) is 1.55. The van der Waals surface area contributed by atoms with Crippen LogP contribution in [0.4, 0.5) is 0 Å². The van der Waals surface area contributed by atoms with Crippen molar-refractivity contribution >= 4 is 5.78 Å². The Morgan fingerprint density at radius 1 is 1.19 bits per heavy atom. The SMILES string of the molecule is CCCCC(O)CCC(=O)CCC(C)(C)C. The van der Waals surface area contributed by atoms with E-state index in [1.54, 1.807) is 0 Å². The molecular formula is C14H28O2. The van der Waals surface area contributed by atoms with Crippen LogP contribution in [-0.2, 0) is 4.79 Å². The van der Waals surface area contributed by atoms with E-state index >= 15 is 0 Å². The number of aliphatic hydroxyl groups is 1. The number of unbranched alkanes of at least 4 members (excludes halogenated alkanes) is 1. The molecule has 1 unspecified atom stereocenters. The summed E-state index contributed by atoms with van der Waals surface area (Å²) >= 11 is 0. The quantitative estimate of drug-likeness (QED) is 0.687. The first-order valence-electron chi connectivity index (χ1n) is 6.55. The summed E-state index contributed by atoms with van der Waals surface area (Å²) in [5.41, 5.74) is 0.233. The second-order valence-electron chi connectivity index (χ2n) is 5.93. The number of hydrogen-bond acceptors (Lipinski definition) is 2. The molecule has 1 N–H and O–H groups in total. The molecule has 0 rings (SSSR count). The monoisotopic (exact) mass is 228 g/mol. The van der Waals surface area contributed by atoms with Crippen molar-refractivity contribution in [1.29, 1.82) is 0 Å². The molecule has 0 amide bonds. The second kappa shape index (κ2) is 7.83. The number of rotatable bonds is 8. The van der Waals surface area contributed by atoms with E-state index in [1.807, 2.05) is 0 Å². The molecule has 0 saturated heterocycles. The highest BCUT2D eigenvalue weighted by molar-refractivity contribution is 5.78. The molecule has 2 heteroatoms. The summed E-state index contributed by atoms with van der Waals surface area (Å²) in [4.78, 5) is 11.6. The van der Waals surface area contributed by atoms with E-state index in [1.165, 1.54) is 0 Å². The first-order valence-corrected chi connectivity index (χ1v) is 6.55. The Bertz CT molecular complexity index is 191. The fraction of sp³-hybridized carbons (Fsp3) is 0.929. The van der Waals surface area contributed by atoms with Gasteiger partial charge in [0, 0.05) is 12.8 Å². The van der Waals surface area contributed by atoms with E-state index in [4.69, 9.17) is 0 Å². The minimum atomic E-state index is -0.279. The van der Waals surface area contributed by atoms with Crippen LogP contribution in [0.15, 0.2) is 0 Å². The molecule has 0 spiro atoms. The van der Waals surface area contributed by atoms with Crippen LogP contribution in [0.25, 0.3) is 0 Å². The smallest absolute Gasteiger partial charge is 0.133 e. The summed E-state index contributed by atoms with van der Waals surface area (Å²) in [6.45, 7) is 8.56. The average molecular weight is 228 g/mol. The molecule has 0 aromatic heterocycles. The van der Waals surface area contributed by atoms with Crippen LogP contribution >= 0.6 is 0 Å². The summed E-state index contributed by atoms with van der Waals surface area (Å²) in [7, 11) is 0. The van der Waals surface area contributed by atoms with Crippen molar-refractivity contribution in [3.8, 4) is 0 Å². The molecule has 1 atom stereocenters. The summed E-state index contributed by atoms with van der Waals surface area (Å²) in [6, 6.07) is 0. The number of Topliss-reactive ketones (excluding diaryl/α,β-unsaturated/α-hetero) is 1. The normalized spacial score (nSPS) is 13.8. The van der Waals surface area contributed by atoms with Gasteiger partial charge in [0.05, 0.1) is 6.10 Å². The van der Waals surface area contributed by atoms with Crippen LogP contribution in [-0.4, -0.2) is 17.0 Å². The topological polar surface area (TPSA) is 37.3 Å². The molecule has 2 nitrogen and oxygen atoms in total. The Hall–Kier alpha value is -0.370. The fourth-order valence-corrected chi connectivity index (χ4v) is 1.55. The zero-order valence-corrected chi connectivity index (χ0v) is 11.4. The van der Waals surface area contributed by atoms with Gasteiger partial charge in [-0.3, -0.25) is 4.79 Å². The molecule has 0 aliphatic carbocycles. The molecule has 0 aliphatic rings. The van der Waals surface area contributed by atoms with Crippen LogP contribution in [0, 0.1) is 5.41 Å². The van der Waals surface area contributed by atoms with Gasteiger partial charge in [-0.25, -0.2) is 0 Å². The van der Waals surface area contributed by atoms with E-state index in [0.717, 1.165) is 25.7 Å². The van der Waals surface area contributed by atoms with Crippen LogP contribution in [0.2, 0.25) is 0 Å². The van der Waals surface area contributed by atoms with Gasteiger partial charge < -0.3 is 5.11 Å². The highest BCUT2D eigenvalue weighted by Gasteiger charge is 2.13. The van der Waals surface area contributed by atoms with Crippen molar-refractivity contribution in [3.05, 3.63) is 0 Å². The van der Waals surface area contributed by atoms with Crippen molar-refractivity contribution in [2.45, 2.75) is 78.7 Å². The van der Waals surface area contributed by atoms with E-state index in [-0.39, 0.29) is 11.5 Å². The lowest BCUT2D eigenvalue weighted by molar-refractivity contribution is -0.120. The maximum atomic E-state index is 11.6. The van der Waals surface area contributed by atoms with Crippen molar-refractivity contribution in [2.75, 3.05) is 0 Å². The van der Waals surface area contributed by atoms with Gasteiger partial charge in [0.1, 0.15) is 5.78 Å². The minimum Gasteiger partial charge on any atom is -0.393 e. The van der Waals surface area contributed by atoms with Crippen molar-refractivity contribution < 1.29 is 9.90 Å². The largest absolute Gasteiger partial charge is 0.393 e. The van der Waals surface area contributed by atoms with E-state index in [0.29, 0.717) is 25.0 Å². The van der Waals surface area contributed by atoms with Crippen molar-refractivity contribution in [3.63, 3.8) is 0 Å². The summed E-state index contributed by atoms with van der Waals surface area (Å²) in [6.07, 6.45) is 5.50. The maximum absolute atomic E-state index is 11.6. The third kappa shape index (κ3) is 10.2. The zero-order valence-electron chi connectivity index (χ0n) is 11.4. The predicted octanol–water partition coefficient (Wildman–Crippen LogP) is 3.71. The van der Waals surface area contributed by atoms with Gasteiger partial charge in [0.15, 0.2) is 0 Å². The van der Waals surface area contributed by atoms with Gasteiger partial charge >= 0.3 is 0 Å². The molecule has 0 aliphatic heterocycles. The molecule has 0 aromatic carbocycles. The Kier molecular flexibility index (Phi) is 7.65. The molecule has 0 aromatic rings. The Balaban J connectivity index is 3.57. The van der Waals surface area contributed by atoms with Crippen molar-refractivity contribution in [2.24, 2.45) is 5.41 Å². The van der Waals surface area contributed by atoms with Crippen molar-refractivity contribution in [1.82, 2.24) is 0 Å². The van der Waals surface area contributed by atoms with Gasteiger partial charge in [-0.1, -0.05) is 40.5 Å². The summed E-state index contributed by atoms with van der Waals surface area (Å²) in [5, 5.41) is 9.61. The average Bonchev–Trinajstić information content (AvgIpc) is 2.19. The molecule has 0 fully saturated rings. The number of aliphatic hydroxyl groups excluding tert-OH is 1. The molecule has 0 saturated carbocycles. The summed E-state index contributed by atoms with van der Waals surface area (Å²) < 4.78 is 0. The standard InChI is InChI=1S/C14H28O2/c1-5-6-7-12(15)8-9-13(16)10-11-14(2,3)4/h12,15H,5-11H2,1-4H3.